The number of carbonyl (C=O) groups is 2. The highest BCUT2D eigenvalue weighted by Gasteiger charge is 2.65. The predicted octanol–water partition coefficient (Wildman–Crippen LogP) is 6.51. The first-order valence-corrected chi connectivity index (χ1v) is 16.2. The summed E-state index contributed by atoms with van der Waals surface area (Å²) in [6, 6.07) is 31.2. The van der Waals surface area contributed by atoms with E-state index in [2.05, 4.69) is 32.9 Å². The van der Waals surface area contributed by atoms with Gasteiger partial charge in [-0.25, -0.2) is 0 Å². The molecule has 0 saturated carbocycles. The van der Waals surface area contributed by atoms with Crippen molar-refractivity contribution < 1.29 is 28.9 Å². The summed E-state index contributed by atoms with van der Waals surface area (Å²) in [6.07, 6.45) is 0.0721. The molecular formula is C39H40N2O6. The molecule has 3 aliphatic heterocycles. The standard InChI is InChI=1S/C39H40N2O6/c1-25-36(38(2,3)27-16-18-29(45-4)19-17-27)34(20-21-42)47-39(25)30-12-5-6-13-31(30)40(37(39)44)23-26-10-9-11-28(22-26)41-32-14-7-8-15-33(32)46-24-35(41)43/h5-19,22,25,34,36,42H,20-21,23-24H2,1-4H3/t25-,34+,36-,39+/m0/s1. The van der Waals surface area contributed by atoms with E-state index in [9.17, 15) is 14.7 Å². The van der Waals surface area contributed by atoms with E-state index in [1.165, 1.54) is 0 Å². The third-order valence-electron chi connectivity index (χ3n) is 10.4. The highest BCUT2D eigenvalue weighted by Crippen LogP contribution is 2.59. The van der Waals surface area contributed by atoms with Crippen molar-refractivity contribution in [3.8, 4) is 11.5 Å². The average molecular weight is 633 g/mol. The number of fused-ring (bicyclic) bond motifs is 3. The van der Waals surface area contributed by atoms with Gasteiger partial charge in [-0.3, -0.25) is 14.5 Å². The summed E-state index contributed by atoms with van der Waals surface area (Å²) >= 11 is 0. The summed E-state index contributed by atoms with van der Waals surface area (Å²) in [5, 5.41) is 10.2. The third kappa shape index (κ3) is 4.89. The van der Waals surface area contributed by atoms with Crippen LogP contribution in [-0.2, 0) is 31.9 Å². The van der Waals surface area contributed by atoms with E-state index < -0.39 is 5.60 Å². The van der Waals surface area contributed by atoms with Gasteiger partial charge in [0.05, 0.1) is 31.1 Å². The number of nitrogens with zero attached hydrogens (tertiary/aromatic N) is 2. The van der Waals surface area contributed by atoms with E-state index >= 15 is 0 Å². The van der Waals surface area contributed by atoms with Crippen LogP contribution in [0.15, 0.2) is 97.1 Å². The lowest BCUT2D eigenvalue weighted by Crippen LogP contribution is -2.45. The van der Waals surface area contributed by atoms with Crippen LogP contribution in [0.25, 0.3) is 0 Å². The second-order valence-corrected chi connectivity index (χ2v) is 13.2. The molecule has 3 aliphatic rings. The molecule has 1 N–H and O–H groups in total. The predicted molar refractivity (Wildman–Crippen MR) is 180 cm³/mol. The molecule has 0 bridgehead atoms. The van der Waals surface area contributed by atoms with Crippen molar-refractivity contribution in [1.82, 2.24) is 0 Å². The van der Waals surface area contributed by atoms with Gasteiger partial charge in [0, 0.05) is 29.7 Å². The smallest absolute Gasteiger partial charge is 0.269 e. The van der Waals surface area contributed by atoms with Crippen LogP contribution in [-0.4, -0.2) is 43.3 Å². The van der Waals surface area contributed by atoms with Crippen molar-refractivity contribution in [3.63, 3.8) is 0 Å². The molecule has 4 aromatic carbocycles. The Morgan fingerprint density at radius 2 is 1.66 bits per heavy atom. The third-order valence-corrected chi connectivity index (χ3v) is 10.4. The van der Waals surface area contributed by atoms with Gasteiger partial charge >= 0.3 is 0 Å². The Bertz CT molecular complexity index is 1820. The minimum atomic E-state index is -1.21. The normalized spacial score (nSPS) is 23.6. The number of ether oxygens (including phenoxy) is 3. The Balaban J connectivity index is 1.25. The number of hydrogen-bond acceptors (Lipinski definition) is 6. The maximum absolute atomic E-state index is 14.9. The van der Waals surface area contributed by atoms with E-state index in [-0.39, 0.29) is 48.4 Å². The first-order chi connectivity index (χ1) is 22.7. The molecule has 0 unspecified atom stereocenters. The number of aliphatic hydroxyl groups excluding tert-OH is 1. The zero-order chi connectivity index (χ0) is 32.9. The molecule has 3 heterocycles. The number of rotatable bonds is 8. The summed E-state index contributed by atoms with van der Waals surface area (Å²) in [5.41, 5.74) is 3.48. The van der Waals surface area contributed by atoms with E-state index in [0.717, 1.165) is 28.1 Å². The first-order valence-electron chi connectivity index (χ1n) is 16.2. The summed E-state index contributed by atoms with van der Waals surface area (Å²) in [4.78, 5) is 31.4. The lowest BCUT2D eigenvalue weighted by atomic mass is 9.63. The van der Waals surface area contributed by atoms with Crippen molar-refractivity contribution in [2.45, 2.75) is 50.9 Å². The van der Waals surface area contributed by atoms with Gasteiger partial charge < -0.3 is 24.2 Å². The molecule has 242 valence electrons. The zero-order valence-corrected chi connectivity index (χ0v) is 27.2. The quantitative estimate of drug-likeness (QED) is 0.239. The van der Waals surface area contributed by atoms with Crippen LogP contribution in [0.5, 0.6) is 11.5 Å². The Labute approximate surface area is 275 Å². The van der Waals surface area contributed by atoms with Crippen molar-refractivity contribution in [2.75, 3.05) is 30.1 Å². The van der Waals surface area contributed by atoms with Crippen molar-refractivity contribution >= 4 is 28.9 Å². The van der Waals surface area contributed by atoms with E-state index in [1.807, 2.05) is 89.8 Å². The van der Waals surface area contributed by atoms with Crippen LogP contribution in [0.4, 0.5) is 17.1 Å². The molecule has 0 aromatic heterocycles. The summed E-state index contributed by atoms with van der Waals surface area (Å²) in [7, 11) is 1.65. The van der Waals surface area contributed by atoms with Crippen LogP contribution >= 0.6 is 0 Å². The number of benzene rings is 4. The molecule has 1 saturated heterocycles. The fourth-order valence-corrected chi connectivity index (χ4v) is 8.18. The molecule has 2 amide bonds. The van der Waals surface area contributed by atoms with Crippen LogP contribution in [0.2, 0.25) is 0 Å². The van der Waals surface area contributed by atoms with Gasteiger partial charge in [-0.05, 0) is 65.4 Å². The molecule has 4 aromatic rings. The number of methoxy groups -OCH3 is 1. The summed E-state index contributed by atoms with van der Waals surface area (Å²) < 4.78 is 18.0. The van der Waals surface area contributed by atoms with Crippen molar-refractivity contribution in [1.29, 1.82) is 0 Å². The minimum absolute atomic E-state index is 0.0416. The Kier molecular flexibility index (Phi) is 7.81. The second kappa shape index (κ2) is 11.9. The maximum atomic E-state index is 14.9. The van der Waals surface area contributed by atoms with Crippen LogP contribution < -0.4 is 19.3 Å². The largest absolute Gasteiger partial charge is 0.497 e. The van der Waals surface area contributed by atoms with Crippen LogP contribution in [0, 0.1) is 11.8 Å². The number of amides is 2. The van der Waals surface area contributed by atoms with Gasteiger partial charge in [0.15, 0.2) is 12.2 Å². The molecule has 0 aliphatic carbocycles. The Morgan fingerprint density at radius 3 is 2.40 bits per heavy atom. The monoisotopic (exact) mass is 632 g/mol. The lowest BCUT2D eigenvalue weighted by molar-refractivity contribution is -0.146. The molecule has 1 spiro atoms. The van der Waals surface area contributed by atoms with Gasteiger partial charge in [-0.1, -0.05) is 75.4 Å². The van der Waals surface area contributed by atoms with Gasteiger partial charge in [0.2, 0.25) is 0 Å². The molecular weight excluding hydrogens is 592 g/mol. The van der Waals surface area contributed by atoms with Gasteiger partial charge in [0.1, 0.15) is 11.5 Å². The minimum Gasteiger partial charge on any atom is -0.497 e. The van der Waals surface area contributed by atoms with Crippen molar-refractivity contribution in [2.24, 2.45) is 11.8 Å². The number of anilines is 3. The molecule has 8 heteroatoms. The van der Waals surface area contributed by atoms with Crippen LogP contribution in [0.3, 0.4) is 0 Å². The van der Waals surface area contributed by atoms with E-state index in [0.29, 0.717) is 30.1 Å². The number of carbonyl (C=O) groups excluding carboxylic acids is 2. The molecule has 4 atom stereocenters. The lowest BCUT2D eigenvalue weighted by Gasteiger charge is -2.38. The second-order valence-electron chi connectivity index (χ2n) is 13.2. The fraction of sp³-hybridized carbons (Fsp3) is 0.333. The molecule has 1 fully saturated rings. The molecule has 47 heavy (non-hydrogen) atoms. The summed E-state index contributed by atoms with van der Waals surface area (Å²) in [6.45, 7) is 6.73. The van der Waals surface area contributed by atoms with Gasteiger partial charge in [-0.2, -0.15) is 0 Å². The van der Waals surface area contributed by atoms with E-state index in [4.69, 9.17) is 14.2 Å². The fourth-order valence-electron chi connectivity index (χ4n) is 8.18. The highest BCUT2D eigenvalue weighted by atomic mass is 16.5. The topological polar surface area (TPSA) is 88.5 Å². The Hall–Kier alpha value is -4.66. The molecule has 7 rings (SSSR count). The zero-order valence-electron chi connectivity index (χ0n) is 27.2. The van der Waals surface area contributed by atoms with Crippen molar-refractivity contribution in [3.05, 3.63) is 114 Å². The molecule has 8 nitrogen and oxygen atoms in total. The number of aliphatic hydroxyl groups is 1. The van der Waals surface area contributed by atoms with Gasteiger partial charge in [-0.15, -0.1) is 0 Å². The number of hydrogen-bond donors (Lipinski definition) is 1. The highest BCUT2D eigenvalue weighted by molar-refractivity contribution is 6.08. The van der Waals surface area contributed by atoms with E-state index in [1.54, 1.807) is 12.0 Å². The SMILES string of the molecule is COc1ccc(C(C)(C)[C@@H]2[C@@H](CCO)O[C@]3(C(=O)N(Cc4cccc(N5C(=O)COc6ccccc65)c4)c4ccccc43)[C@H]2C)cc1. The average Bonchev–Trinajstić information content (AvgIpc) is 3.51. The molecule has 0 radical (unpaired) electrons. The Morgan fingerprint density at radius 1 is 0.936 bits per heavy atom. The van der Waals surface area contributed by atoms with Crippen LogP contribution in [0.1, 0.15) is 43.9 Å². The van der Waals surface area contributed by atoms with Gasteiger partial charge in [0.25, 0.3) is 11.8 Å². The summed E-state index contributed by atoms with van der Waals surface area (Å²) in [5.74, 6) is 0.890. The number of para-hydroxylation sites is 3. The first kappa shape index (κ1) is 31.0. The maximum Gasteiger partial charge on any atom is 0.269 e.